The topological polar surface area (TPSA) is 128 Å². The highest BCUT2D eigenvalue weighted by Crippen LogP contribution is 2.15. The molecule has 214 valence electrons. The van der Waals surface area contributed by atoms with Gasteiger partial charge >= 0.3 is 12.1 Å². The predicted octanol–water partition coefficient (Wildman–Crippen LogP) is 2.70. The summed E-state index contributed by atoms with van der Waals surface area (Å²) in [5.74, 6) is -2.01. The van der Waals surface area contributed by atoms with Crippen LogP contribution in [0.15, 0.2) is 52.4 Å². The van der Waals surface area contributed by atoms with Gasteiger partial charge in [0.15, 0.2) is 9.84 Å². The molecule has 0 fully saturated rings. The summed E-state index contributed by atoms with van der Waals surface area (Å²) in [6.45, 7) is 6.38. The standard InChI is InChI=1S/C24H32N4O3S.C2HF3O2/c1-18-14-19(2)16-22(15-18)32(30,31)17-25-10-8-23(29)28(3)13-9-20-4-6-21(7-5-20)24-26-11-12-27-24;3-2(4,5)1(6)7/h4-7,14-16,25H,8-13,17H2,1-3H3,(H,26,27);(H,6,7). The first-order valence-corrected chi connectivity index (χ1v) is 13.8. The maximum absolute atomic E-state index is 12.5. The van der Waals surface area contributed by atoms with Gasteiger partial charge < -0.3 is 20.6 Å². The lowest BCUT2D eigenvalue weighted by molar-refractivity contribution is -0.192. The van der Waals surface area contributed by atoms with Crippen molar-refractivity contribution in [2.24, 2.45) is 4.99 Å². The van der Waals surface area contributed by atoms with Crippen molar-refractivity contribution in [1.29, 1.82) is 0 Å². The summed E-state index contributed by atoms with van der Waals surface area (Å²) in [4.78, 5) is 27.7. The minimum absolute atomic E-state index is 0.0116. The molecule has 39 heavy (non-hydrogen) atoms. The normalized spacial score (nSPS) is 13.1. The molecule has 0 bridgehead atoms. The van der Waals surface area contributed by atoms with Crippen LogP contribution in [-0.2, 0) is 25.8 Å². The smallest absolute Gasteiger partial charge is 0.475 e. The Labute approximate surface area is 226 Å². The Morgan fingerprint density at radius 3 is 2.21 bits per heavy atom. The number of likely N-dealkylation sites (N-methyl/N-ethyl adjacent to an activating group) is 1. The number of amidine groups is 1. The van der Waals surface area contributed by atoms with Gasteiger partial charge in [-0.1, -0.05) is 30.3 Å². The molecule has 0 unspecified atom stereocenters. The SMILES string of the molecule is Cc1cc(C)cc(S(=O)(=O)CNCCC(=O)N(C)CCc2ccc(C3=NCCN3)cc2)c1.O=C(O)C(F)(F)F. The van der Waals surface area contributed by atoms with E-state index >= 15 is 0 Å². The largest absolute Gasteiger partial charge is 0.490 e. The van der Waals surface area contributed by atoms with Gasteiger partial charge in [-0.15, -0.1) is 0 Å². The molecule has 9 nitrogen and oxygen atoms in total. The number of hydrogen-bond donors (Lipinski definition) is 3. The van der Waals surface area contributed by atoms with Crippen LogP contribution in [0.3, 0.4) is 0 Å². The van der Waals surface area contributed by atoms with Crippen LogP contribution in [0.2, 0.25) is 0 Å². The van der Waals surface area contributed by atoms with Gasteiger partial charge in [-0.3, -0.25) is 9.79 Å². The summed E-state index contributed by atoms with van der Waals surface area (Å²) in [7, 11) is -1.65. The summed E-state index contributed by atoms with van der Waals surface area (Å²) < 4.78 is 56.8. The monoisotopic (exact) mass is 570 g/mol. The first-order chi connectivity index (χ1) is 18.2. The number of carbonyl (C=O) groups excluding carboxylic acids is 1. The van der Waals surface area contributed by atoms with Gasteiger partial charge in [-0.05, 0) is 49.1 Å². The average molecular weight is 571 g/mol. The first kappa shape index (κ1) is 31.8. The van der Waals surface area contributed by atoms with Crippen LogP contribution in [-0.4, -0.2) is 81.4 Å². The first-order valence-electron chi connectivity index (χ1n) is 12.1. The van der Waals surface area contributed by atoms with Crippen LogP contribution < -0.4 is 10.6 Å². The molecule has 0 aliphatic carbocycles. The van der Waals surface area contributed by atoms with E-state index < -0.39 is 22.0 Å². The number of sulfone groups is 1. The van der Waals surface area contributed by atoms with Crippen LogP contribution in [0.5, 0.6) is 0 Å². The van der Waals surface area contributed by atoms with E-state index in [9.17, 15) is 26.4 Å². The zero-order valence-electron chi connectivity index (χ0n) is 22.0. The van der Waals surface area contributed by atoms with Crippen molar-refractivity contribution in [3.05, 3.63) is 64.7 Å². The second-order valence-corrected chi connectivity index (χ2v) is 11.0. The van der Waals surface area contributed by atoms with Crippen molar-refractivity contribution < 1.29 is 36.3 Å². The van der Waals surface area contributed by atoms with Gasteiger partial charge in [0, 0.05) is 38.7 Å². The summed E-state index contributed by atoms with van der Waals surface area (Å²) in [6, 6.07) is 13.5. The highest BCUT2D eigenvalue weighted by molar-refractivity contribution is 7.91. The number of aliphatic carboxylic acids is 1. The number of amides is 1. The average Bonchev–Trinajstić information content (AvgIpc) is 3.39. The van der Waals surface area contributed by atoms with Crippen LogP contribution in [0.25, 0.3) is 0 Å². The van der Waals surface area contributed by atoms with Crippen molar-refractivity contribution >= 4 is 27.5 Å². The molecule has 1 amide bonds. The summed E-state index contributed by atoms with van der Waals surface area (Å²) in [5.41, 5.74) is 4.07. The Morgan fingerprint density at radius 2 is 1.69 bits per heavy atom. The van der Waals surface area contributed by atoms with Gasteiger partial charge in [-0.2, -0.15) is 13.2 Å². The van der Waals surface area contributed by atoms with Crippen molar-refractivity contribution in [3.63, 3.8) is 0 Å². The van der Waals surface area contributed by atoms with E-state index in [0.717, 1.165) is 47.6 Å². The van der Waals surface area contributed by atoms with Crippen molar-refractivity contribution in [1.82, 2.24) is 15.5 Å². The number of halogens is 3. The number of carboxylic acids is 1. The number of nitrogens with zero attached hydrogens (tertiary/aromatic N) is 2. The third kappa shape index (κ3) is 10.7. The highest BCUT2D eigenvalue weighted by Gasteiger charge is 2.38. The summed E-state index contributed by atoms with van der Waals surface area (Å²) in [5, 5.41) is 13.3. The molecule has 1 aliphatic heterocycles. The third-order valence-corrected chi connectivity index (χ3v) is 7.21. The fraction of sp³-hybridized carbons (Fsp3) is 0.423. The minimum Gasteiger partial charge on any atom is -0.475 e. The molecule has 1 aliphatic rings. The molecule has 0 spiro atoms. The van der Waals surface area contributed by atoms with Crippen molar-refractivity contribution in [3.8, 4) is 0 Å². The van der Waals surface area contributed by atoms with Gasteiger partial charge in [0.2, 0.25) is 5.91 Å². The molecule has 3 rings (SSSR count). The predicted molar refractivity (Wildman–Crippen MR) is 141 cm³/mol. The summed E-state index contributed by atoms with van der Waals surface area (Å²) in [6.07, 6.45) is -4.07. The molecule has 3 N–H and O–H groups in total. The van der Waals surface area contributed by atoms with Crippen molar-refractivity contribution in [2.75, 3.05) is 39.1 Å². The molecule has 1 heterocycles. The van der Waals surface area contributed by atoms with Gasteiger partial charge in [-0.25, -0.2) is 13.2 Å². The molecule has 0 saturated heterocycles. The zero-order chi connectivity index (χ0) is 29.2. The van der Waals surface area contributed by atoms with E-state index in [4.69, 9.17) is 9.90 Å². The molecule has 0 saturated carbocycles. The number of alkyl halides is 3. The maximum atomic E-state index is 12.5. The van der Waals surface area contributed by atoms with Crippen molar-refractivity contribution in [2.45, 2.75) is 37.8 Å². The van der Waals surface area contributed by atoms with E-state index in [-0.39, 0.29) is 18.2 Å². The van der Waals surface area contributed by atoms with E-state index in [1.54, 1.807) is 24.1 Å². The number of rotatable bonds is 10. The lowest BCUT2D eigenvalue weighted by Gasteiger charge is -2.17. The minimum atomic E-state index is -5.08. The molecule has 0 atom stereocenters. The lowest BCUT2D eigenvalue weighted by atomic mass is 10.1. The van der Waals surface area contributed by atoms with E-state index in [1.807, 2.05) is 32.0 Å². The number of aliphatic imine (C=N–C) groups is 1. The Balaban J connectivity index is 0.000000673. The molecule has 0 aromatic heterocycles. The second kappa shape index (κ2) is 14.1. The fourth-order valence-electron chi connectivity index (χ4n) is 3.63. The Kier molecular flexibility index (Phi) is 11.5. The Bertz CT molecular complexity index is 1260. The van der Waals surface area contributed by atoms with E-state index in [0.29, 0.717) is 18.0 Å². The van der Waals surface area contributed by atoms with Gasteiger partial charge in [0.05, 0.1) is 11.4 Å². The number of carbonyl (C=O) groups is 2. The molecular formula is C26H33F3N4O5S. The number of benzene rings is 2. The molecule has 2 aromatic rings. The van der Waals surface area contributed by atoms with E-state index in [1.165, 1.54) is 0 Å². The van der Waals surface area contributed by atoms with E-state index in [2.05, 4.69) is 27.8 Å². The second-order valence-electron chi connectivity index (χ2n) is 9.05. The molecular weight excluding hydrogens is 537 g/mol. The quantitative estimate of drug-likeness (QED) is 0.375. The van der Waals surface area contributed by atoms with Crippen LogP contribution in [0.4, 0.5) is 13.2 Å². The maximum Gasteiger partial charge on any atom is 0.490 e. The number of aryl methyl sites for hydroxylation is 2. The summed E-state index contributed by atoms with van der Waals surface area (Å²) >= 11 is 0. The Hall–Kier alpha value is -3.45. The van der Waals surface area contributed by atoms with Crippen LogP contribution in [0, 0.1) is 13.8 Å². The third-order valence-electron chi connectivity index (χ3n) is 5.67. The lowest BCUT2D eigenvalue weighted by Crippen LogP contribution is -2.32. The number of hydrogen-bond acceptors (Lipinski definition) is 7. The highest BCUT2D eigenvalue weighted by atomic mass is 32.2. The Morgan fingerprint density at radius 1 is 1.10 bits per heavy atom. The molecule has 13 heteroatoms. The fourth-order valence-corrected chi connectivity index (χ4v) is 4.94. The van der Waals surface area contributed by atoms with Gasteiger partial charge in [0.1, 0.15) is 11.7 Å². The molecule has 0 radical (unpaired) electrons. The number of nitrogens with one attached hydrogen (secondary N) is 2. The number of carboxylic acid groups (broad SMARTS) is 1. The molecule has 2 aromatic carbocycles. The van der Waals surface area contributed by atoms with Crippen LogP contribution in [0.1, 0.15) is 28.7 Å². The zero-order valence-corrected chi connectivity index (χ0v) is 22.8. The van der Waals surface area contributed by atoms with Crippen LogP contribution >= 0.6 is 0 Å². The van der Waals surface area contributed by atoms with Gasteiger partial charge in [0.25, 0.3) is 0 Å².